The van der Waals surface area contributed by atoms with Gasteiger partial charge in [0.05, 0.1) is 40.5 Å². The lowest BCUT2D eigenvalue weighted by Gasteiger charge is -2.52. The van der Waals surface area contributed by atoms with Crippen LogP contribution in [0.25, 0.3) is 0 Å². The minimum Gasteiger partial charge on any atom is -0.497 e. The molecule has 2 amide bonds. The Morgan fingerprint density at radius 3 is 1.03 bits per heavy atom. The van der Waals surface area contributed by atoms with Crippen molar-refractivity contribution in [2.75, 3.05) is 28.4 Å². The SMILES string of the molecule is COc1ccc(C(O)(c2ccc(OC)cc2)C(Cc2ccccc2)N(C(=O)C2(C(N)=O)CC2)C(Cc2ccccc2)C(O)(c2ccc(OC)cc2)c2ccc(OC)cc2)cc1. The summed E-state index contributed by atoms with van der Waals surface area (Å²) in [4.78, 5) is 31.3. The predicted molar refractivity (Wildman–Crippen MR) is 234 cm³/mol. The van der Waals surface area contributed by atoms with E-state index in [9.17, 15) is 15.0 Å². The zero-order chi connectivity index (χ0) is 43.2. The molecule has 1 saturated carbocycles. The smallest absolute Gasteiger partial charge is 0.239 e. The van der Waals surface area contributed by atoms with Gasteiger partial charge in [-0.15, -0.1) is 0 Å². The summed E-state index contributed by atoms with van der Waals surface area (Å²) in [6.07, 6.45) is 0.590. The number of rotatable bonds is 18. The van der Waals surface area contributed by atoms with E-state index in [1.54, 1.807) is 130 Å². The van der Waals surface area contributed by atoms with Crippen LogP contribution in [0.2, 0.25) is 0 Å². The maximum Gasteiger partial charge on any atom is 0.239 e. The zero-order valence-corrected chi connectivity index (χ0v) is 34.9. The molecule has 1 fully saturated rings. The molecule has 0 saturated heterocycles. The molecular formula is C51H52N2O8. The van der Waals surface area contributed by atoms with Crippen LogP contribution in [0.3, 0.4) is 0 Å². The third-order valence-corrected chi connectivity index (χ3v) is 12.2. The van der Waals surface area contributed by atoms with Crippen molar-refractivity contribution in [3.8, 4) is 23.0 Å². The van der Waals surface area contributed by atoms with Gasteiger partial charge in [-0.3, -0.25) is 9.59 Å². The number of carbonyl (C=O) groups excluding carboxylic acids is 2. The van der Waals surface area contributed by atoms with E-state index in [0.29, 0.717) is 45.3 Å². The minimum absolute atomic E-state index is 0.0859. The molecule has 314 valence electrons. The average Bonchev–Trinajstić information content (AvgIpc) is 4.14. The van der Waals surface area contributed by atoms with E-state index >= 15 is 4.79 Å². The van der Waals surface area contributed by atoms with Crippen LogP contribution in [0.4, 0.5) is 0 Å². The molecule has 2 unspecified atom stereocenters. The lowest BCUT2D eigenvalue weighted by atomic mass is 9.72. The lowest BCUT2D eigenvalue weighted by molar-refractivity contribution is -0.161. The summed E-state index contributed by atoms with van der Waals surface area (Å²) in [7, 11) is 6.26. The van der Waals surface area contributed by atoms with E-state index in [-0.39, 0.29) is 25.7 Å². The van der Waals surface area contributed by atoms with E-state index < -0.39 is 40.5 Å². The molecule has 7 rings (SSSR count). The van der Waals surface area contributed by atoms with E-state index in [1.807, 2.05) is 60.7 Å². The number of nitrogens with two attached hydrogens (primary N) is 1. The maximum absolute atomic E-state index is 16.1. The van der Waals surface area contributed by atoms with Gasteiger partial charge >= 0.3 is 0 Å². The number of amides is 2. The van der Waals surface area contributed by atoms with Gasteiger partial charge in [0.15, 0.2) is 0 Å². The van der Waals surface area contributed by atoms with Gasteiger partial charge in [-0.05, 0) is 108 Å². The zero-order valence-electron chi connectivity index (χ0n) is 34.9. The number of hydrogen-bond acceptors (Lipinski definition) is 8. The highest BCUT2D eigenvalue weighted by atomic mass is 16.5. The third kappa shape index (κ3) is 8.29. The van der Waals surface area contributed by atoms with Crippen molar-refractivity contribution in [2.24, 2.45) is 11.1 Å². The van der Waals surface area contributed by atoms with Gasteiger partial charge < -0.3 is 39.8 Å². The van der Waals surface area contributed by atoms with Gasteiger partial charge in [0.2, 0.25) is 11.8 Å². The van der Waals surface area contributed by atoms with Gasteiger partial charge in [-0.25, -0.2) is 0 Å². The highest BCUT2D eigenvalue weighted by Crippen LogP contribution is 2.52. The first-order valence-electron chi connectivity index (χ1n) is 20.2. The van der Waals surface area contributed by atoms with E-state index in [4.69, 9.17) is 24.7 Å². The molecule has 10 nitrogen and oxygen atoms in total. The number of benzene rings is 6. The summed E-state index contributed by atoms with van der Waals surface area (Å²) in [5.41, 5.74) is 3.96. The normalized spacial score (nSPS) is 14.3. The van der Waals surface area contributed by atoms with E-state index in [1.165, 1.54) is 0 Å². The molecule has 10 heteroatoms. The van der Waals surface area contributed by atoms with Gasteiger partial charge in [-0.1, -0.05) is 109 Å². The van der Waals surface area contributed by atoms with Gasteiger partial charge in [0.1, 0.15) is 39.6 Å². The van der Waals surface area contributed by atoms with Crippen LogP contribution in [-0.2, 0) is 33.6 Å². The molecule has 0 spiro atoms. The Morgan fingerprint density at radius 2 is 0.803 bits per heavy atom. The molecule has 6 aromatic carbocycles. The molecule has 0 radical (unpaired) electrons. The Balaban J connectivity index is 1.61. The molecule has 0 heterocycles. The van der Waals surface area contributed by atoms with Crippen molar-refractivity contribution < 1.29 is 38.7 Å². The van der Waals surface area contributed by atoms with Crippen LogP contribution in [0.5, 0.6) is 23.0 Å². The standard InChI is InChI=1S/C51H52N2O8/c1-58-41-23-15-37(16-24-41)50(56,38-17-25-42(59-2)26-18-38)45(33-35-11-7-5-8-12-35)53(48(55)49(31-32-49)47(52)54)46(34-36-13-9-6-10-14-36)51(57,39-19-27-43(60-3)28-20-39)40-21-29-44(61-4)30-22-40/h5-30,45-46,56-57H,31-34H2,1-4H3,(H2,52,54). The largest absolute Gasteiger partial charge is 0.497 e. The fraction of sp³-hybridized carbons (Fsp3) is 0.255. The fourth-order valence-corrected chi connectivity index (χ4v) is 8.49. The van der Waals surface area contributed by atoms with Crippen LogP contribution in [0.1, 0.15) is 46.2 Å². The molecular weight excluding hydrogens is 769 g/mol. The second kappa shape index (κ2) is 17.9. The van der Waals surface area contributed by atoms with Crippen molar-refractivity contribution in [3.05, 3.63) is 191 Å². The third-order valence-electron chi connectivity index (χ3n) is 12.2. The lowest BCUT2D eigenvalue weighted by Crippen LogP contribution is -2.66. The summed E-state index contributed by atoms with van der Waals surface area (Å²) < 4.78 is 22.2. The second-order valence-corrected chi connectivity index (χ2v) is 15.5. The summed E-state index contributed by atoms with van der Waals surface area (Å²) >= 11 is 0. The number of aliphatic hydroxyl groups is 2. The summed E-state index contributed by atoms with van der Waals surface area (Å²) in [6, 6.07) is 45.0. The Kier molecular flexibility index (Phi) is 12.5. The first kappa shape index (κ1) is 42.5. The molecule has 0 aliphatic heterocycles. The number of primary amides is 1. The Morgan fingerprint density at radius 1 is 0.525 bits per heavy atom. The monoisotopic (exact) mass is 820 g/mol. The van der Waals surface area contributed by atoms with Crippen molar-refractivity contribution >= 4 is 11.8 Å². The minimum atomic E-state index is -2.01. The van der Waals surface area contributed by atoms with Crippen LogP contribution >= 0.6 is 0 Å². The van der Waals surface area contributed by atoms with Crippen molar-refractivity contribution in [3.63, 3.8) is 0 Å². The highest BCUT2D eigenvalue weighted by Gasteiger charge is 2.62. The quantitative estimate of drug-likeness (QED) is 0.0774. The highest BCUT2D eigenvalue weighted by molar-refractivity contribution is 6.07. The summed E-state index contributed by atoms with van der Waals surface area (Å²) in [5.74, 6) is 0.893. The molecule has 1 aliphatic carbocycles. The second-order valence-electron chi connectivity index (χ2n) is 15.5. The predicted octanol–water partition coefficient (Wildman–Crippen LogP) is 7.21. The van der Waals surface area contributed by atoms with Crippen molar-refractivity contribution in [2.45, 2.75) is 49.0 Å². The first-order chi connectivity index (χ1) is 29.5. The Labute approximate surface area is 357 Å². The first-order valence-corrected chi connectivity index (χ1v) is 20.2. The molecule has 1 aliphatic rings. The Hall–Kier alpha value is -6.62. The fourth-order valence-electron chi connectivity index (χ4n) is 8.49. The van der Waals surface area contributed by atoms with Crippen molar-refractivity contribution in [1.29, 1.82) is 0 Å². The molecule has 6 aromatic rings. The molecule has 0 bridgehead atoms. The maximum atomic E-state index is 16.1. The van der Waals surface area contributed by atoms with E-state index in [2.05, 4.69) is 0 Å². The Bertz CT molecular complexity index is 2140. The van der Waals surface area contributed by atoms with Crippen LogP contribution < -0.4 is 24.7 Å². The summed E-state index contributed by atoms with van der Waals surface area (Å²) in [5, 5.41) is 28.2. The molecule has 0 aromatic heterocycles. The summed E-state index contributed by atoms with van der Waals surface area (Å²) in [6.45, 7) is 0. The van der Waals surface area contributed by atoms with E-state index in [0.717, 1.165) is 11.1 Å². The molecule has 2 atom stereocenters. The number of nitrogens with zero attached hydrogens (tertiary/aromatic N) is 1. The average molecular weight is 821 g/mol. The number of ether oxygens (including phenoxy) is 4. The number of methoxy groups -OCH3 is 4. The number of carbonyl (C=O) groups is 2. The van der Waals surface area contributed by atoms with Crippen LogP contribution in [0, 0.1) is 5.41 Å². The molecule has 4 N–H and O–H groups in total. The molecule has 61 heavy (non-hydrogen) atoms. The van der Waals surface area contributed by atoms with Crippen LogP contribution in [0.15, 0.2) is 158 Å². The topological polar surface area (TPSA) is 141 Å². The van der Waals surface area contributed by atoms with Gasteiger partial charge in [-0.2, -0.15) is 0 Å². The number of hydrogen-bond donors (Lipinski definition) is 3. The van der Waals surface area contributed by atoms with Crippen LogP contribution in [-0.4, -0.2) is 67.5 Å². The van der Waals surface area contributed by atoms with Gasteiger partial charge in [0, 0.05) is 0 Å². The van der Waals surface area contributed by atoms with Crippen molar-refractivity contribution in [1.82, 2.24) is 4.90 Å². The van der Waals surface area contributed by atoms with Gasteiger partial charge in [0.25, 0.3) is 0 Å².